The van der Waals surface area contributed by atoms with Gasteiger partial charge >= 0.3 is 0 Å². The van der Waals surface area contributed by atoms with Crippen LogP contribution in [0.4, 0.5) is 0 Å². The summed E-state index contributed by atoms with van der Waals surface area (Å²) in [5.74, 6) is 1.85. The van der Waals surface area contributed by atoms with Crippen molar-refractivity contribution in [2.24, 2.45) is 11.8 Å². The van der Waals surface area contributed by atoms with Crippen LogP contribution in [0, 0.1) is 11.8 Å². The van der Waals surface area contributed by atoms with Gasteiger partial charge in [-0.25, -0.2) is 4.98 Å². The molecule has 1 aromatic heterocycles. The van der Waals surface area contributed by atoms with Crippen molar-refractivity contribution in [2.45, 2.75) is 59.0 Å². The van der Waals surface area contributed by atoms with E-state index in [-0.39, 0.29) is 0 Å². The molecule has 18 heavy (non-hydrogen) atoms. The lowest BCUT2D eigenvalue weighted by Gasteiger charge is -2.28. The van der Waals surface area contributed by atoms with Crippen molar-refractivity contribution >= 4 is 0 Å². The summed E-state index contributed by atoms with van der Waals surface area (Å²) in [5.41, 5.74) is 1.33. The van der Waals surface area contributed by atoms with Crippen LogP contribution in [0.5, 0.6) is 0 Å². The Morgan fingerprint density at radius 1 is 1.22 bits per heavy atom. The van der Waals surface area contributed by atoms with Crippen LogP contribution < -0.4 is 5.32 Å². The number of hydrogen-bond donors (Lipinski definition) is 1. The Labute approximate surface area is 111 Å². The Hall–Kier alpha value is -0.830. The SMILES string of the molecule is CCNCc1cncn1CC1CCC(CC)CC1. The number of nitrogens with zero attached hydrogens (tertiary/aromatic N) is 2. The van der Waals surface area contributed by atoms with Gasteiger partial charge in [0.05, 0.1) is 12.0 Å². The number of aromatic nitrogens is 2. The molecule has 0 bridgehead atoms. The first-order valence-corrected chi connectivity index (χ1v) is 7.53. The highest BCUT2D eigenvalue weighted by molar-refractivity contribution is 4.98. The lowest BCUT2D eigenvalue weighted by atomic mass is 9.81. The van der Waals surface area contributed by atoms with Gasteiger partial charge in [-0.1, -0.05) is 33.1 Å². The first-order valence-electron chi connectivity index (χ1n) is 7.53. The first-order chi connectivity index (χ1) is 8.83. The van der Waals surface area contributed by atoms with E-state index in [2.05, 4.69) is 28.7 Å². The van der Waals surface area contributed by atoms with Gasteiger partial charge in [0, 0.05) is 19.3 Å². The van der Waals surface area contributed by atoms with Crippen molar-refractivity contribution in [1.29, 1.82) is 0 Å². The van der Waals surface area contributed by atoms with E-state index in [1.54, 1.807) is 0 Å². The molecule has 1 heterocycles. The lowest BCUT2D eigenvalue weighted by molar-refractivity contribution is 0.246. The molecule has 0 spiro atoms. The molecule has 1 aliphatic rings. The van der Waals surface area contributed by atoms with E-state index in [9.17, 15) is 0 Å². The van der Waals surface area contributed by atoms with Crippen LogP contribution in [-0.2, 0) is 13.1 Å². The van der Waals surface area contributed by atoms with Gasteiger partial charge in [-0.2, -0.15) is 0 Å². The molecule has 102 valence electrons. The highest BCUT2D eigenvalue weighted by Gasteiger charge is 2.20. The molecule has 1 saturated carbocycles. The molecule has 2 rings (SSSR count). The third-order valence-electron chi connectivity index (χ3n) is 4.35. The van der Waals surface area contributed by atoms with Crippen molar-refractivity contribution in [1.82, 2.24) is 14.9 Å². The van der Waals surface area contributed by atoms with Gasteiger partial charge in [-0.05, 0) is 31.2 Å². The number of imidazole rings is 1. The molecule has 0 atom stereocenters. The zero-order chi connectivity index (χ0) is 12.8. The number of nitrogens with one attached hydrogen (secondary N) is 1. The molecule has 1 N–H and O–H groups in total. The molecule has 1 aliphatic carbocycles. The number of rotatable bonds is 6. The van der Waals surface area contributed by atoms with Crippen LogP contribution in [-0.4, -0.2) is 16.1 Å². The molecule has 1 fully saturated rings. The predicted molar refractivity (Wildman–Crippen MR) is 75.3 cm³/mol. The highest BCUT2D eigenvalue weighted by Crippen LogP contribution is 2.31. The molecule has 0 aromatic carbocycles. The molecular formula is C15H27N3. The predicted octanol–water partition coefficient (Wildman–Crippen LogP) is 3.21. The monoisotopic (exact) mass is 249 g/mol. The minimum Gasteiger partial charge on any atom is -0.333 e. The van der Waals surface area contributed by atoms with E-state index in [4.69, 9.17) is 0 Å². The second kappa shape index (κ2) is 6.93. The maximum atomic E-state index is 4.29. The van der Waals surface area contributed by atoms with Gasteiger partial charge in [0.25, 0.3) is 0 Å². The summed E-state index contributed by atoms with van der Waals surface area (Å²) in [4.78, 5) is 4.29. The molecule has 3 heteroatoms. The highest BCUT2D eigenvalue weighted by atomic mass is 15.1. The Morgan fingerprint density at radius 3 is 2.61 bits per heavy atom. The van der Waals surface area contributed by atoms with Crippen LogP contribution in [0.3, 0.4) is 0 Å². The second-order valence-electron chi connectivity index (χ2n) is 5.61. The third-order valence-corrected chi connectivity index (χ3v) is 4.35. The van der Waals surface area contributed by atoms with Gasteiger partial charge in [-0.3, -0.25) is 0 Å². The summed E-state index contributed by atoms with van der Waals surface area (Å²) in [6.45, 7) is 7.60. The minimum atomic E-state index is 0.863. The Morgan fingerprint density at radius 2 is 1.94 bits per heavy atom. The van der Waals surface area contributed by atoms with Gasteiger partial charge in [0.15, 0.2) is 0 Å². The fraction of sp³-hybridized carbons (Fsp3) is 0.800. The van der Waals surface area contributed by atoms with Crippen LogP contribution in [0.1, 0.15) is 51.6 Å². The quantitative estimate of drug-likeness (QED) is 0.839. The molecule has 0 radical (unpaired) electrons. The van der Waals surface area contributed by atoms with Crippen LogP contribution in [0.25, 0.3) is 0 Å². The lowest BCUT2D eigenvalue weighted by Crippen LogP contribution is -2.21. The third kappa shape index (κ3) is 3.58. The Balaban J connectivity index is 1.84. The van der Waals surface area contributed by atoms with E-state index in [1.165, 1.54) is 37.8 Å². The maximum Gasteiger partial charge on any atom is 0.0948 e. The Bertz CT molecular complexity index is 337. The first kappa shape index (κ1) is 13.6. The van der Waals surface area contributed by atoms with E-state index >= 15 is 0 Å². The van der Waals surface area contributed by atoms with Crippen molar-refractivity contribution in [3.05, 3.63) is 18.2 Å². The summed E-state index contributed by atoms with van der Waals surface area (Å²) < 4.78 is 2.35. The number of hydrogen-bond acceptors (Lipinski definition) is 2. The van der Waals surface area contributed by atoms with Crippen molar-refractivity contribution in [3.8, 4) is 0 Å². The zero-order valence-electron chi connectivity index (χ0n) is 11.9. The van der Waals surface area contributed by atoms with Crippen LogP contribution in [0.15, 0.2) is 12.5 Å². The normalized spacial score (nSPS) is 24.3. The average molecular weight is 249 g/mol. The van der Waals surface area contributed by atoms with Gasteiger partial charge in [-0.15, -0.1) is 0 Å². The van der Waals surface area contributed by atoms with E-state index in [1.807, 2.05) is 12.5 Å². The van der Waals surface area contributed by atoms with Crippen LogP contribution >= 0.6 is 0 Å². The topological polar surface area (TPSA) is 29.9 Å². The molecular weight excluding hydrogens is 222 g/mol. The molecule has 1 aromatic rings. The zero-order valence-corrected chi connectivity index (χ0v) is 11.9. The summed E-state index contributed by atoms with van der Waals surface area (Å²) in [7, 11) is 0. The van der Waals surface area contributed by atoms with Crippen molar-refractivity contribution in [3.63, 3.8) is 0 Å². The van der Waals surface area contributed by atoms with Crippen molar-refractivity contribution in [2.75, 3.05) is 6.54 Å². The molecule has 0 amide bonds. The average Bonchev–Trinajstić information content (AvgIpc) is 2.84. The molecule has 0 saturated heterocycles. The second-order valence-corrected chi connectivity index (χ2v) is 5.61. The van der Waals surface area contributed by atoms with Crippen molar-refractivity contribution < 1.29 is 0 Å². The maximum absolute atomic E-state index is 4.29. The molecule has 0 unspecified atom stereocenters. The fourth-order valence-corrected chi connectivity index (χ4v) is 3.01. The largest absolute Gasteiger partial charge is 0.333 e. The van der Waals surface area contributed by atoms with Gasteiger partial charge in [0.2, 0.25) is 0 Å². The Kier molecular flexibility index (Phi) is 5.24. The van der Waals surface area contributed by atoms with E-state index < -0.39 is 0 Å². The standard InChI is InChI=1S/C15H27N3/c1-3-13-5-7-14(8-6-13)11-18-12-17-10-15(18)9-16-4-2/h10,12-14,16H,3-9,11H2,1-2H3. The van der Waals surface area contributed by atoms with E-state index in [0.29, 0.717) is 0 Å². The molecule has 3 nitrogen and oxygen atoms in total. The van der Waals surface area contributed by atoms with Gasteiger partial charge in [0.1, 0.15) is 0 Å². The fourth-order valence-electron chi connectivity index (χ4n) is 3.01. The summed E-state index contributed by atoms with van der Waals surface area (Å²) >= 11 is 0. The molecule has 0 aliphatic heterocycles. The van der Waals surface area contributed by atoms with E-state index in [0.717, 1.165) is 31.5 Å². The summed E-state index contributed by atoms with van der Waals surface area (Å²) in [6, 6.07) is 0. The van der Waals surface area contributed by atoms with Gasteiger partial charge < -0.3 is 9.88 Å². The summed E-state index contributed by atoms with van der Waals surface area (Å²) in [6.07, 6.45) is 11.0. The minimum absolute atomic E-state index is 0.863. The summed E-state index contributed by atoms with van der Waals surface area (Å²) in [5, 5.41) is 3.38. The van der Waals surface area contributed by atoms with Crippen LogP contribution in [0.2, 0.25) is 0 Å². The smallest absolute Gasteiger partial charge is 0.0948 e.